The Hall–Kier alpha value is -2.30. The molecule has 5 nitrogen and oxygen atoms in total. The molecule has 0 saturated carbocycles. The van der Waals surface area contributed by atoms with Crippen molar-refractivity contribution in [1.29, 1.82) is 0 Å². The minimum atomic E-state index is 0.0545. The van der Waals surface area contributed by atoms with Crippen LogP contribution in [0.4, 0.5) is 0 Å². The fraction of sp³-hybridized carbons (Fsp3) is 0.412. The van der Waals surface area contributed by atoms with Gasteiger partial charge in [0.25, 0.3) is 5.91 Å². The molecule has 2 heterocycles. The summed E-state index contributed by atoms with van der Waals surface area (Å²) in [6.45, 7) is 4.11. The number of amides is 1. The predicted octanol–water partition coefficient (Wildman–Crippen LogP) is 2.59. The van der Waals surface area contributed by atoms with Gasteiger partial charge in [-0.15, -0.1) is 0 Å². The normalized spacial score (nSPS) is 17.7. The third-order valence-corrected chi connectivity index (χ3v) is 4.03. The lowest BCUT2D eigenvalue weighted by Gasteiger charge is -2.24. The number of carbonyl (C=O) groups excluding carboxylic acids is 1. The third kappa shape index (κ3) is 3.13. The molecular formula is C17H21N3O2. The lowest BCUT2D eigenvalue weighted by atomic mass is 10.2. The van der Waals surface area contributed by atoms with Crippen molar-refractivity contribution in [3.8, 4) is 5.75 Å². The highest BCUT2D eigenvalue weighted by atomic mass is 16.5. The van der Waals surface area contributed by atoms with Gasteiger partial charge in [0.2, 0.25) is 0 Å². The van der Waals surface area contributed by atoms with Gasteiger partial charge in [0.1, 0.15) is 12.4 Å². The maximum absolute atomic E-state index is 12.6. The van der Waals surface area contributed by atoms with Gasteiger partial charge in [-0.1, -0.05) is 18.2 Å². The Balaban J connectivity index is 1.63. The summed E-state index contributed by atoms with van der Waals surface area (Å²) in [5.74, 6) is 0.902. The van der Waals surface area contributed by atoms with Crippen LogP contribution in [-0.2, 0) is 6.54 Å². The molecule has 0 aliphatic carbocycles. The van der Waals surface area contributed by atoms with Gasteiger partial charge >= 0.3 is 0 Å². The summed E-state index contributed by atoms with van der Waals surface area (Å²) >= 11 is 0. The highest BCUT2D eigenvalue weighted by Crippen LogP contribution is 2.21. The van der Waals surface area contributed by atoms with E-state index in [-0.39, 0.29) is 11.9 Å². The van der Waals surface area contributed by atoms with Crippen LogP contribution in [0.2, 0.25) is 0 Å². The van der Waals surface area contributed by atoms with Gasteiger partial charge in [-0.3, -0.25) is 9.48 Å². The Morgan fingerprint density at radius 2 is 2.18 bits per heavy atom. The quantitative estimate of drug-likeness (QED) is 0.852. The first-order valence-corrected chi connectivity index (χ1v) is 7.79. The minimum absolute atomic E-state index is 0.0545. The number of aromatic nitrogens is 2. The number of aryl methyl sites for hydroxylation is 1. The van der Waals surface area contributed by atoms with Crippen molar-refractivity contribution in [3.63, 3.8) is 0 Å². The number of benzene rings is 1. The summed E-state index contributed by atoms with van der Waals surface area (Å²) in [7, 11) is 0. The summed E-state index contributed by atoms with van der Waals surface area (Å²) in [5, 5.41) is 4.18. The molecule has 22 heavy (non-hydrogen) atoms. The maximum atomic E-state index is 12.6. The summed E-state index contributed by atoms with van der Waals surface area (Å²) in [6.07, 6.45) is 5.48. The number of hydrogen-bond acceptors (Lipinski definition) is 3. The van der Waals surface area contributed by atoms with Crippen LogP contribution in [0.5, 0.6) is 5.75 Å². The smallest absolute Gasteiger partial charge is 0.257 e. The van der Waals surface area contributed by atoms with Gasteiger partial charge < -0.3 is 9.64 Å². The Morgan fingerprint density at radius 3 is 2.91 bits per heavy atom. The number of rotatable bonds is 5. The second-order valence-electron chi connectivity index (χ2n) is 5.50. The summed E-state index contributed by atoms with van der Waals surface area (Å²) < 4.78 is 7.59. The molecule has 1 aliphatic rings. The van der Waals surface area contributed by atoms with Gasteiger partial charge in [0.15, 0.2) is 0 Å². The van der Waals surface area contributed by atoms with Crippen LogP contribution in [0.1, 0.15) is 30.1 Å². The highest BCUT2D eigenvalue weighted by molar-refractivity contribution is 5.94. The molecule has 0 radical (unpaired) electrons. The molecule has 2 aromatic rings. The van der Waals surface area contributed by atoms with E-state index in [1.54, 1.807) is 10.9 Å². The second kappa shape index (κ2) is 6.64. The van der Waals surface area contributed by atoms with Crippen LogP contribution in [0.25, 0.3) is 0 Å². The van der Waals surface area contributed by atoms with Crippen molar-refractivity contribution in [1.82, 2.24) is 14.7 Å². The van der Waals surface area contributed by atoms with E-state index < -0.39 is 0 Å². The average molecular weight is 299 g/mol. The minimum Gasteiger partial charge on any atom is -0.491 e. The number of nitrogens with zero attached hydrogens (tertiary/aromatic N) is 3. The zero-order valence-corrected chi connectivity index (χ0v) is 12.8. The maximum Gasteiger partial charge on any atom is 0.257 e. The lowest BCUT2D eigenvalue weighted by Crippen LogP contribution is -2.38. The molecule has 0 spiro atoms. The largest absolute Gasteiger partial charge is 0.491 e. The van der Waals surface area contributed by atoms with Crippen molar-refractivity contribution in [3.05, 3.63) is 48.3 Å². The molecule has 0 bridgehead atoms. The van der Waals surface area contributed by atoms with E-state index in [9.17, 15) is 4.79 Å². The Kier molecular flexibility index (Phi) is 4.42. The van der Waals surface area contributed by atoms with E-state index in [1.807, 2.05) is 48.4 Å². The molecule has 1 aromatic carbocycles. The van der Waals surface area contributed by atoms with Crippen molar-refractivity contribution in [2.24, 2.45) is 0 Å². The van der Waals surface area contributed by atoms with E-state index >= 15 is 0 Å². The molecule has 3 rings (SSSR count). The monoisotopic (exact) mass is 299 g/mol. The van der Waals surface area contributed by atoms with E-state index in [0.717, 1.165) is 31.7 Å². The van der Waals surface area contributed by atoms with E-state index in [0.29, 0.717) is 12.2 Å². The second-order valence-corrected chi connectivity index (χ2v) is 5.50. The first-order valence-electron chi connectivity index (χ1n) is 7.79. The van der Waals surface area contributed by atoms with Gasteiger partial charge in [-0.25, -0.2) is 0 Å². The van der Waals surface area contributed by atoms with Crippen LogP contribution < -0.4 is 4.74 Å². The summed E-state index contributed by atoms with van der Waals surface area (Å²) in [4.78, 5) is 14.5. The molecule has 0 unspecified atom stereocenters. The van der Waals surface area contributed by atoms with Gasteiger partial charge in [-0.05, 0) is 31.9 Å². The zero-order valence-electron chi connectivity index (χ0n) is 12.8. The molecular weight excluding hydrogens is 278 g/mol. The number of para-hydroxylation sites is 1. The molecule has 116 valence electrons. The molecule has 1 saturated heterocycles. The Morgan fingerprint density at radius 1 is 1.36 bits per heavy atom. The lowest BCUT2D eigenvalue weighted by molar-refractivity contribution is 0.0691. The SMILES string of the molecule is CCn1cc(C(=O)N2CCC[C@H]2COc2ccccc2)cn1. The summed E-state index contributed by atoms with van der Waals surface area (Å²) in [6, 6.07) is 9.87. The van der Waals surface area contributed by atoms with Crippen molar-refractivity contribution >= 4 is 5.91 Å². The van der Waals surface area contributed by atoms with E-state index in [1.165, 1.54) is 0 Å². The Labute approximate surface area is 130 Å². The van der Waals surface area contributed by atoms with Crippen LogP contribution in [0, 0.1) is 0 Å². The third-order valence-electron chi connectivity index (χ3n) is 4.03. The van der Waals surface area contributed by atoms with Crippen LogP contribution in [-0.4, -0.2) is 39.8 Å². The van der Waals surface area contributed by atoms with Gasteiger partial charge in [0.05, 0.1) is 17.8 Å². The highest BCUT2D eigenvalue weighted by Gasteiger charge is 2.30. The molecule has 1 amide bonds. The number of likely N-dealkylation sites (tertiary alicyclic amines) is 1. The number of ether oxygens (including phenoxy) is 1. The molecule has 1 fully saturated rings. The first kappa shape index (κ1) is 14.6. The Bertz CT molecular complexity index is 624. The van der Waals surface area contributed by atoms with Crippen LogP contribution in [0.3, 0.4) is 0 Å². The average Bonchev–Trinajstić information content (AvgIpc) is 3.22. The van der Waals surface area contributed by atoms with Crippen LogP contribution in [0.15, 0.2) is 42.7 Å². The fourth-order valence-corrected chi connectivity index (χ4v) is 2.80. The molecule has 0 N–H and O–H groups in total. The van der Waals surface area contributed by atoms with E-state index in [2.05, 4.69) is 5.10 Å². The number of hydrogen-bond donors (Lipinski definition) is 0. The standard InChI is InChI=1S/C17H21N3O2/c1-2-19-12-14(11-18-19)17(21)20-10-6-7-15(20)13-22-16-8-4-3-5-9-16/h3-5,8-9,11-12,15H,2,6-7,10,13H2,1H3/t15-/m0/s1. The molecule has 1 aliphatic heterocycles. The fourth-order valence-electron chi connectivity index (χ4n) is 2.80. The van der Waals surface area contributed by atoms with Crippen molar-refractivity contribution in [2.75, 3.05) is 13.2 Å². The topological polar surface area (TPSA) is 47.4 Å². The summed E-state index contributed by atoms with van der Waals surface area (Å²) in [5.41, 5.74) is 0.661. The molecule has 1 aromatic heterocycles. The van der Waals surface area contributed by atoms with E-state index in [4.69, 9.17) is 4.74 Å². The van der Waals surface area contributed by atoms with Gasteiger partial charge in [0, 0.05) is 19.3 Å². The van der Waals surface area contributed by atoms with Gasteiger partial charge in [-0.2, -0.15) is 5.10 Å². The number of carbonyl (C=O) groups is 1. The molecule has 1 atom stereocenters. The molecule has 5 heteroatoms. The van der Waals surface area contributed by atoms with Crippen molar-refractivity contribution < 1.29 is 9.53 Å². The zero-order chi connectivity index (χ0) is 15.4. The predicted molar refractivity (Wildman–Crippen MR) is 83.9 cm³/mol. The van der Waals surface area contributed by atoms with Crippen LogP contribution >= 0.6 is 0 Å². The van der Waals surface area contributed by atoms with Crippen molar-refractivity contribution in [2.45, 2.75) is 32.4 Å². The first-order chi connectivity index (χ1) is 10.8.